The third-order valence-corrected chi connectivity index (χ3v) is 2.46. The minimum Gasteiger partial charge on any atom is -0.459 e. The summed E-state index contributed by atoms with van der Waals surface area (Å²) in [5, 5.41) is 3.26. The summed E-state index contributed by atoms with van der Waals surface area (Å²) in [7, 11) is 0. The van der Waals surface area contributed by atoms with Crippen molar-refractivity contribution in [3.63, 3.8) is 0 Å². The molecule has 0 aromatic rings. The highest BCUT2D eigenvalue weighted by molar-refractivity contribution is 5.76. The molecule has 0 unspecified atom stereocenters. The first kappa shape index (κ1) is 12.5. The maximum Gasteiger partial charge on any atom is 0.325 e. The second-order valence-electron chi connectivity index (χ2n) is 5.12. The van der Waals surface area contributed by atoms with Gasteiger partial charge in [-0.1, -0.05) is 6.42 Å². The van der Waals surface area contributed by atoms with Crippen molar-refractivity contribution in [1.29, 1.82) is 0 Å². The Morgan fingerprint density at radius 3 is 2.60 bits per heavy atom. The van der Waals surface area contributed by atoms with Gasteiger partial charge >= 0.3 is 5.97 Å². The van der Waals surface area contributed by atoms with Crippen LogP contribution in [-0.4, -0.2) is 30.2 Å². The Morgan fingerprint density at radius 1 is 1.47 bits per heavy atom. The van der Waals surface area contributed by atoms with Gasteiger partial charge in [-0.15, -0.1) is 0 Å². The molecule has 1 saturated heterocycles. The van der Waals surface area contributed by atoms with Crippen molar-refractivity contribution < 1.29 is 9.53 Å². The van der Waals surface area contributed by atoms with Crippen molar-refractivity contribution in [3.8, 4) is 0 Å². The topological polar surface area (TPSA) is 64.3 Å². The van der Waals surface area contributed by atoms with Crippen LogP contribution < -0.4 is 11.1 Å². The SMILES string of the molecule is CC(C)(C)OC(=O)[C@@H](N)[C@H]1CCCCN1. The third-order valence-electron chi connectivity index (χ3n) is 2.46. The van der Waals surface area contributed by atoms with E-state index in [0.29, 0.717) is 0 Å². The molecular formula is C11H22N2O2. The van der Waals surface area contributed by atoms with Crippen molar-refractivity contribution in [2.45, 2.75) is 57.7 Å². The highest BCUT2D eigenvalue weighted by Gasteiger charge is 2.29. The molecule has 1 fully saturated rings. The van der Waals surface area contributed by atoms with Gasteiger partial charge in [0.2, 0.25) is 0 Å². The average Bonchev–Trinajstić information content (AvgIpc) is 2.15. The maximum absolute atomic E-state index is 11.7. The number of hydrogen-bond acceptors (Lipinski definition) is 4. The molecule has 1 aliphatic heterocycles. The largest absolute Gasteiger partial charge is 0.459 e. The van der Waals surface area contributed by atoms with Gasteiger partial charge in [0.05, 0.1) is 0 Å². The molecule has 0 saturated carbocycles. The minimum absolute atomic E-state index is 0.0774. The normalized spacial score (nSPS) is 24.7. The van der Waals surface area contributed by atoms with Crippen LogP contribution >= 0.6 is 0 Å². The van der Waals surface area contributed by atoms with Gasteiger partial charge in [0.25, 0.3) is 0 Å². The average molecular weight is 214 g/mol. The molecule has 0 radical (unpaired) electrons. The Morgan fingerprint density at radius 2 is 2.13 bits per heavy atom. The summed E-state index contributed by atoms with van der Waals surface area (Å²) in [6, 6.07) is -0.460. The fraction of sp³-hybridized carbons (Fsp3) is 0.909. The van der Waals surface area contributed by atoms with Gasteiger partial charge in [0.15, 0.2) is 0 Å². The van der Waals surface area contributed by atoms with E-state index in [0.717, 1.165) is 25.8 Å². The van der Waals surface area contributed by atoms with Crippen LogP contribution in [0.4, 0.5) is 0 Å². The molecule has 1 rings (SSSR count). The van der Waals surface area contributed by atoms with Crippen LogP contribution in [0.15, 0.2) is 0 Å². The Balaban J connectivity index is 2.44. The summed E-state index contributed by atoms with van der Waals surface area (Å²) < 4.78 is 5.25. The quantitative estimate of drug-likeness (QED) is 0.667. The zero-order valence-corrected chi connectivity index (χ0v) is 9.88. The van der Waals surface area contributed by atoms with Crippen molar-refractivity contribution >= 4 is 5.97 Å². The van der Waals surface area contributed by atoms with Crippen LogP contribution in [0.25, 0.3) is 0 Å². The number of rotatable bonds is 2. The highest BCUT2D eigenvalue weighted by Crippen LogP contribution is 2.13. The maximum atomic E-state index is 11.7. The number of piperidine rings is 1. The third kappa shape index (κ3) is 4.18. The van der Waals surface area contributed by atoms with Crippen LogP contribution in [0.2, 0.25) is 0 Å². The van der Waals surface area contributed by atoms with Gasteiger partial charge < -0.3 is 15.8 Å². The summed E-state index contributed by atoms with van der Waals surface area (Å²) in [6.45, 7) is 6.50. The van der Waals surface area contributed by atoms with Gasteiger partial charge in [0.1, 0.15) is 11.6 Å². The summed E-state index contributed by atoms with van der Waals surface area (Å²) in [6.07, 6.45) is 3.26. The zero-order chi connectivity index (χ0) is 11.5. The van der Waals surface area contributed by atoms with Crippen molar-refractivity contribution in [2.75, 3.05) is 6.54 Å². The van der Waals surface area contributed by atoms with E-state index in [1.807, 2.05) is 20.8 Å². The summed E-state index contributed by atoms with van der Waals surface area (Å²) >= 11 is 0. The molecule has 0 spiro atoms. The highest BCUT2D eigenvalue weighted by atomic mass is 16.6. The molecular weight excluding hydrogens is 192 g/mol. The van der Waals surface area contributed by atoms with Gasteiger partial charge in [0, 0.05) is 6.04 Å². The molecule has 0 aliphatic carbocycles. The van der Waals surface area contributed by atoms with E-state index in [4.69, 9.17) is 10.5 Å². The van der Waals surface area contributed by atoms with E-state index >= 15 is 0 Å². The first-order chi connectivity index (χ1) is 6.90. The smallest absolute Gasteiger partial charge is 0.325 e. The number of nitrogens with one attached hydrogen (secondary N) is 1. The predicted octanol–water partition coefficient (Wildman–Crippen LogP) is 0.797. The Hall–Kier alpha value is -0.610. The fourth-order valence-corrected chi connectivity index (χ4v) is 1.72. The van der Waals surface area contributed by atoms with E-state index in [1.165, 1.54) is 0 Å². The molecule has 2 atom stereocenters. The standard InChI is InChI=1S/C11H22N2O2/c1-11(2,3)15-10(14)9(12)8-6-4-5-7-13-8/h8-9,13H,4-7,12H2,1-3H3/t8-,9+/m1/s1. The fourth-order valence-electron chi connectivity index (χ4n) is 1.72. The first-order valence-corrected chi connectivity index (χ1v) is 5.62. The summed E-state index contributed by atoms with van der Waals surface area (Å²) in [4.78, 5) is 11.7. The summed E-state index contributed by atoms with van der Waals surface area (Å²) in [5.74, 6) is -0.304. The molecule has 0 bridgehead atoms. The Kier molecular flexibility index (Phi) is 4.11. The van der Waals surface area contributed by atoms with E-state index in [1.54, 1.807) is 0 Å². The lowest BCUT2D eigenvalue weighted by atomic mass is 9.98. The first-order valence-electron chi connectivity index (χ1n) is 5.62. The Labute approximate surface area is 91.5 Å². The van der Waals surface area contributed by atoms with Crippen LogP contribution in [-0.2, 0) is 9.53 Å². The molecule has 0 aromatic heterocycles. The summed E-state index contributed by atoms with van der Waals surface area (Å²) in [5.41, 5.74) is 5.41. The molecule has 0 amide bonds. The lowest BCUT2D eigenvalue weighted by molar-refractivity contribution is -0.157. The van der Waals surface area contributed by atoms with Crippen molar-refractivity contribution in [1.82, 2.24) is 5.32 Å². The molecule has 0 aromatic carbocycles. The lowest BCUT2D eigenvalue weighted by Crippen LogP contribution is -2.53. The van der Waals surface area contributed by atoms with Gasteiger partial charge in [-0.3, -0.25) is 4.79 Å². The minimum atomic E-state index is -0.537. The van der Waals surface area contributed by atoms with E-state index < -0.39 is 11.6 Å². The lowest BCUT2D eigenvalue weighted by Gasteiger charge is -2.29. The van der Waals surface area contributed by atoms with E-state index in [-0.39, 0.29) is 12.0 Å². The van der Waals surface area contributed by atoms with Gasteiger partial charge in [-0.25, -0.2) is 0 Å². The van der Waals surface area contributed by atoms with Crippen LogP contribution in [0.3, 0.4) is 0 Å². The van der Waals surface area contributed by atoms with Gasteiger partial charge in [-0.2, -0.15) is 0 Å². The molecule has 4 nitrogen and oxygen atoms in total. The monoisotopic (exact) mass is 214 g/mol. The van der Waals surface area contributed by atoms with Crippen LogP contribution in [0, 0.1) is 0 Å². The number of hydrogen-bond donors (Lipinski definition) is 2. The number of ether oxygens (including phenoxy) is 1. The number of esters is 1. The van der Waals surface area contributed by atoms with Crippen LogP contribution in [0.5, 0.6) is 0 Å². The van der Waals surface area contributed by atoms with Crippen molar-refractivity contribution in [2.24, 2.45) is 5.73 Å². The number of nitrogens with two attached hydrogens (primary N) is 1. The van der Waals surface area contributed by atoms with E-state index in [2.05, 4.69) is 5.32 Å². The number of carbonyl (C=O) groups is 1. The molecule has 88 valence electrons. The van der Waals surface area contributed by atoms with Gasteiger partial charge in [-0.05, 0) is 40.2 Å². The van der Waals surface area contributed by atoms with Crippen LogP contribution in [0.1, 0.15) is 40.0 Å². The number of carbonyl (C=O) groups excluding carboxylic acids is 1. The molecule has 3 N–H and O–H groups in total. The molecule has 1 heterocycles. The van der Waals surface area contributed by atoms with Crippen molar-refractivity contribution in [3.05, 3.63) is 0 Å². The Bertz CT molecular complexity index is 217. The molecule has 4 heteroatoms. The zero-order valence-electron chi connectivity index (χ0n) is 9.88. The van der Waals surface area contributed by atoms with E-state index in [9.17, 15) is 4.79 Å². The molecule has 1 aliphatic rings. The second-order valence-corrected chi connectivity index (χ2v) is 5.12. The second kappa shape index (κ2) is 4.94. The molecule has 15 heavy (non-hydrogen) atoms. The predicted molar refractivity (Wildman–Crippen MR) is 59.5 cm³/mol.